The summed E-state index contributed by atoms with van der Waals surface area (Å²) in [6.45, 7) is 2.58. The second kappa shape index (κ2) is 18.8. The largest absolute Gasteiger partial charge is 0.467 e. The number of esters is 6. The lowest BCUT2D eigenvalue weighted by Gasteiger charge is -2.47. The van der Waals surface area contributed by atoms with Gasteiger partial charge in [0.05, 0.1) is 18.2 Å². The first-order chi connectivity index (χ1) is 25.4. The van der Waals surface area contributed by atoms with Crippen LogP contribution in [0.2, 0.25) is 0 Å². The summed E-state index contributed by atoms with van der Waals surface area (Å²) < 4.78 is 56.3. The summed E-state index contributed by atoms with van der Waals surface area (Å²) in [6, 6.07) is 13.7. The van der Waals surface area contributed by atoms with Gasteiger partial charge in [-0.1, -0.05) is 41.5 Å². The smallest absolute Gasteiger partial charge is 0.338 e. The number of carbonyl (C=O) groups excluding carboxylic acids is 6. The molecule has 10 atom stereocenters. The molecule has 2 aliphatic rings. The highest BCUT2D eigenvalue weighted by Crippen LogP contribution is 2.36. The minimum Gasteiger partial charge on any atom is -0.467 e. The van der Waals surface area contributed by atoms with E-state index in [0.717, 1.165) is 27.9 Å². The van der Waals surface area contributed by atoms with Crippen molar-refractivity contribution >= 4 is 35.8 Å². The lowest BCUT2D eigenvalue weighted by atomic mass is 9.95. The molecule has 2 aromatic rings. The molecule has 0 saturated carbocycles. The number of hydrogen-bond donors (Lipinski definition) is 0. The van der Waals surface area contributed by atoms with Crippen LogP contribution in [-0.2, 0) is 66.5 Å². The van der Waals surface area contributed by atoms with E-state index in [0.29, 0.717) is 0 Å². The Kier molecular flexibility index (Phi) is 14.2. The average molecular weight is 744 g/mol. The maximum absolute atomic E-state index is 13.6. The van der Waals surface area contributed by atoms with Crippen LogP contribution in [0.15, 0.2) is 65.8 Å². The van der Waals surface area contributed by atoms with Gasteiger partial charge in [-0.2, -0.15) is 0 Å². The third kappa shape index (κ3) is 10.3. The summed E-state index contributed by atoms with van der Waals surface area (Å²) in [5, 5.41) is 3.69. The molecule has 53 heavy (non-hydrogen) atoms. The number of ether oxygens (including phenoxy) is 10. The molecule has 0 aromatic heterocycles. The Balaban J connectivity index is 1.85. The molecule has 4 rings (SSSR count). The molecular formula is C34H37N3O16. The van der Waals surface area contributed by atoms with Gasteiger partial charge in [0.15, 0.2) is 43.1 Å². The molecule has 2 fully saturated rings. The molecular weight excluding hydrogens is 706 g/mol. The predicted molar refractivity (Wildman–Crippen MR) is 173 cm³/mol. The first-order valence-electron chi connectivity index (χ1n) is 16.0. The molecule has 0 N–H and O–H groups in total. The molecule has 2 aromatic carbocycles. The fourth-order valence-electron chi connectivity index (χ4n) is 5.58. The zero-order chi connectivity index (χ0) is 38.7. The van der Waals surface area contributed by atoms with Crippen molar-refractivity contribution in [3.05, 3.63) is 82.2 Å². The highest BCUT2D eigenvalue weighted by Gasteiger charge is 2.58. The maximum atomic E-state index is 13.6. The van der Waals surface area contributed by atoms with Gasteiger partial charge < -0.3 is 47.4 Å². The molecule has 284 valence electrons. The van der Waals surface area contributed by atoms with E-state index in [1.165, 1.54) is 31.4 Å². The molecule has 0 amide bonds. The van der Waals surface area contributed by atoms with Crippen LogP contribution in [0, 0.1) is 0 Å². The lowest BCUT2D eigenvalue weighted by molar-refractivity contribution is -0.336. The summed E-state index contributed by atoms with van der Waals surface area (Å²) in [4.78, 5) is 79.4. The van der Waals surface area contributed by atoms with E-state index in [1.54, 1.807) is 36.4 Å². The van der Waals surface area contributed by atoms with Crippen LogP contribution in [0.5, 0.6) is 0 Å². The lowest BCUT2D eigenvalue weighted by Crippen LogP contribution is -2.67. The quantitative estimate of drug-likeness (QED) is 0.0938. The molecule has 0 radical (unpaired) electrons. The number of rotatable bonds is 13. The molecule has 0 spiro atoms. The third-order valence-electron chi connectivity index (χ3n) is 7.81. The van der Waals surface area contributed by atoms with Crippen LogP contribution < -0.4 is 0 Å². The predicted octanol–water partition coefficient (Wildman–Crippen LogP) is 2.20. The van der Waals surface area contributed by atoms with Crippen molar-refractivity contribution < 1.29 is 76.1 Å². The highest BCUT2D eigenvalue weighted by molar-refractivity contribution is 5.90. The first-order valence-corrected chi connectivity index (χ1v) is 16.0. The van der Waals surface area contributed by atoms with Gasteiger partial charge in [0.2, 0.25) is 0 Å². The topological polar surface area (TPSA) is 243 Å². The summed E-state index contributed by atoms with van der Waals surface area (Å²) in [6.07, 6.45) is -15.1. The van der Waals surface area contributed by atoms with E-state index in [9.17, 15) is 34.3 Å². The normalized spacial score (nSPS) is 27.9. The summed E-state index contributed by atoms with van der Waals surface area (Å²) in [7, 11) is 2.21. The van der Waals surface area contributed by atoms with Crippen molar-refractivity contribution in [1.82, 2.24) is 0 Å². The molecule has 19 heteroatoms. The Bertz CT molecular complexity index is 1670. The second-order valence-electron chi connectivity index (χ2n) is 11.4. The van der Waals surface area contributed by atoms with Gasteiger partial charge in [0.1, 0.15) is 24.9 Å². The van der Waals surface area contributed by atoms with Crippen LogP contribution in [0.1, 0.15) is 41.5 Å². The third-order valence-corrected chi connectivity index (χ3v) is 7.81. The van der Waals surface area contributed by atoms with E-state index in [4.69, 9.17) is 47.4 Å². The zero-order valence-corrected chi connectivity index (χ0v) is 29.1. The van der Waals surface area contributed by atoms with Gasteiger partial charge in [-0.25, -0.2) is 14.4 Å². The van der Waals surface area contributed by atoms with Gasteiger partial charge in [-0.3, -0.25) is 14.4 Å². The van der Waals surface area contributed by atoms with Gasteiger partial charge in [-0.15, -0.1) is 0 Å². The van der Waals surface area contributed by atoms with Gasteiger partial charge in [-0.05, 0) is 29.8 Å². The number of benzene rings is 2. The minimum absolute atomic E-state index is 0.0518. The average Bonchev–Trinajstić information content (AvgIpc) is 3.14. The molecule has 0 aliphatic carbocycles. The summed E-state index contributed by atoms with van der Waals surface area (Å²) >= 11 is 0. The molecule has 2 aliphatic heterocycles. The highest BCUT2D eigenvalue weighted by atomic mass is 16.8. The van der Waals surface area contributed by atoms with Crippen LogP contribution in [-0.4, -0.2) is 118 Å². The van der Waals surface area contributed by atoms with Crippen LogP contribution >= 0.6 is 0 Å². The molecule has 2 saturated heterocycles. The van der Waals surface area contributed by atoms with E-state index < -0.39 is 104 Å². The Labute approximate surface area is 302 Å². The second-order valence-corrected chi connectivity index (χ2v) is 11.4. The fourth-order valence-corrected chi connectivity index (χ4v) is 5.58. The zero-order valence-electron chi connectivity index (χ0n) is 29.1. The number of methoxy groups -OCH3 is 2. The molecule has 0 bridgehead atoms. The van der Waals surface area contributed by atoms with Gasteiger partial charge >= 0.3 is 35.8 Å². The van der Waals surface area contributed by atoms with Crippen molar-refractivity contribution in [1.29, 1.82) is 0 Å². The monoisotopic (exact) mass is 743 g/mol. The van der Waals surface area contributed by atoms with Crippen molar-refractivity contribution in [2.75, 3.05) is 20.8 Å². The molecule has 2 heterocycles. The Hall–Kier alpha value is -5.59. The van der Waals surface area contributed by atoms with E-state index >= 15 is 0 Å². The maximum Gasteiger partial charge on any atom is 0.338 e. The Morgan fingerprint density at radius 2 is 1.23 bits per heavy atom. The van der Waals surface area contributed by atoms with Crippen molar-refractivity contribution in [3.63, 3.8) is 0 Å². The fraction of sp³-hybridized carbons (Fsp3) is 0.471. The number of hydrogen-bond acceptors (Lipinski definition) is 17. The molecule has 1 unspecified atom stereocenters. The van der Waals surface area contributed by atoms with Crippen LogP contribution in [0.25, 0.3) is 10.4 Å². The van der Waals surface area contributed by atoms with Crippen molar-refractivity contribution in [3.8, 4) is 0 Å². The minimum atomic E-state index is -1.86. The summed E-state index contributed by atoms with van der Waals surface area (Å²) in [5.74, 6) is -5.47. The SMILES string of the molecule is COC(=O)[C@H]1O[C@H](OC)[C@H](OC(=O)c2ccccc2)[C@@H](OC(=O)c2ccccc2)[C@@H]1OC1O[C@H](COC(C)=O)[C@@H](OC(C)=O)[C@H](OC(C)=O)[C@H]1N=[N+]=[N-]. The van der Waals surface area contributed by atoms with Gasteiger partial charge in [0, 0.05) is 32.8 Å². The van der Waals surface area contributed by atoms with E-state index in [1.807, 2.05) is 0 Å². The Morgan fingerprint density at radius 1 is 0.679 bits per heavy atom. The van der Waals surface area contributed by atoms with E-state index in [-0.39, 0.29) is 11.1 Å². The molecule has 19 nitrogen and oxygen atoms in total. The van der Waals surface area contributed by atoms with Crippen LogP contribution in [0.4, 0.5) is 0 Å². The number of carbonyl (C=O) groups is 6. The van der Waals surface area contributed by atoms with Gasteiger partial charge in [0.25, 0.3) is 0 Å². The standard InChI is InChI=1S/C34H37N3O16/c1-17(38)46-16-22-24(47-18(2)39)25(48-19(3)40)23(36-37-35)33(49-22)52-26-27(50-30(41)20-12-8-6-9-13-20)29(34(45-5)53-28(26)32(43)44-4)51-31(42)21-14-10-7-11-15-21/h6-15,22-29,33-34H,16H2,1-5H3/t22-,23-,24-,25-,26+,27+,28+,29-,33?,34+/m1/s1. The first kappa shape index (κ1) is 40.2. The van der Waals surface area contributed by atoms with Crippen molar-refractivity contribution in [2.24, 2.45) is 5.11 Å². The number of nitrogens with zero attached hydrogens (tertiary/aromatic N) is 3. The van der Waals surface area contributed by atoms with E-state index in [2.05, 4.69) is 10.0 Å². The Morgan fingerprint density at radius 3 is 1.72 bits per heavy atom. The van der Waals surface area contributed by atoms with Crippen molar-refractivity contribution in [2.45, 2.75) is 82.1 Å². The van der Waals surface area contributed by atoms with Crippen LogP contribution in [0.3, 0.4) is 0 Å². The summed E-state index contributed by atoms with van der Waals surface area (Å²) in [5.41, 5.74) is 9.73. The number of azide groups is 1.